The first kappa shape index (κ1) is 20.2. The summed E-state index contributed by atoms with van der Waals surface area (Å²) in [5, 5.41) is 7.29. The maximum atomic E-state index is 6.19. The van der Waals surface area contributed by atoms with E-state index in [0.717, 1.165) is 53.5 Å². The van der Waals surface area contributed by atoms with Gasteiger partial charge in [-0.15, -0.1) is 0 Å². The normalized spacial score (nSPS) is 12.8. The zero-order valence-electron chi connectivity index (χ0n) is 16.2. The molecule has 0 saturated carbocycles. The largest absolute Gasteiger partial charge is 0.381 e. The lowest BCUT2D eigenvalue weighted by atomic mass is 10.1. The Morgan fingerprint density at radius 2 is 1.52 bits per heavy atom. The first-order valence-electron chi connectivity index (χ1n) is 9.69. The maximum Gasteiger partial charge on any atom is 0.0745 e. The van der Waals surface area contributed by atoms with Crippen molar-refractivity contribution in [2.45, 2.75) is 39.7 Å². The Balaban J connectivity index is 1.89. The first-order valence-corrected chi connectivity index (χ1v) is 10.4. The van der Waals surface area contributed by atoms with Crippen LogP contribution >= 0.6 is 23.2 Å². The van der Waals surface area contributed by atoms with Crippen LogP contribution in [0.2, 0.25) is 10.0 Å². The van der Waals surface area contributed by atoms with Crippen LogP contribution < -0.4 is 5.32 Å². The highest BCUT2D eigenvalue weighted by Gasteiger charge is 2.13. The fourth-order valence-electron chi connectivity index (χ4n) is 3.53. The third-order valence-electron chi connectivity index (χ3n) is 5.10. The Hall–Kier alpha value is -1.55. The number of anilines is 1. The van der Waals surface area contributed by atoms with Crippen LogP contribution in [0.3, 0.4) is 0 Å². The lowest BCUT2D eigenvalue weighted by Crippen LogP contribution is -2.25. The molecule has 3 aromatic rings. The predicted molar refractivity (Wildman–Crippen MR) is 119 cm³/mol. The van der Waals surface area contributed by atoms with E-state index in [2.05, 4.69) is 31.0 Å². The summed E-state index contributed by atoms with van der Waals surface area (Å²) in [6.45, 7) is 10.0. The van der Waals surface area contributed by atoms with Crippen LogP contribution in [0.4, 0.5) is 5.69 Å². The van der Waals surface area contributed by atoms with Crippen LogP contribution in [0.1, 0.15) is 33.6 Å². The highest BCUT2D eigenvalue weighted by atomic mass is 35.5. The van der Waals surface area contributed by atoms with E-state index in [1.807, 2.05) is 36.4 Å². The van der Waals surface area contributed by atoms with Crippen LogP contribution in [0, 0.1) is 0 Å². The number of aromatic nitrogens is 1. The third kappa shape index (κ3) is 4.84. The molecular formula is C22H27Cl2N3. The van der Waals surface area contributed by atoms with Gasteiger partial charge in [-0.1, -0.05) is 37.0 Å². The van der Waals surface area contributed by atoms with Gasteiger partial charge in [-0.2, -0.15) is 0 Å². The van der Waals surface area contributed by atoms with Gasteiger partial charge in [0.25, 0.3) is 0 Å². The average molecular weight is 404 g/mol. The van der Waals surface area contributed by atoms with Gasteiger partial charge in [0.15, 0.2) is 0 Å². The molecule has 0 amide bonds. The van der Waals surface area contributed by atoms with Gasteiger partial charge in [0.05, 0.1) is 16.7 Å². The van der Waals surface area contributed by atoms with E-state index in [1.165, 1.54) is 6.42 Å². The molecule has 0 bridgehead atoms. The Labute approximate surface area is 171 Å². The number of nitrogens with one attached hydrogen (secondary N) is 1. The summed E-state index contributed by atoms with van der Waals surface area (Å²) >= 11 is 12.4. The van der Waals surface area contributed by atoms with Crippen LogP contribution in [0.15, 0.2) is 36.4 Å². The van der Waals surface area contributed by atoms with Crippen molar-refractivity contribution >= 4 is 50.7 Å². The van der Waals surface area contributed by atoms with Crippen molar-refractivity contribution in [2.75, 3.05) is 25.0 Å². The molecule has 5 heteroatoms. The molecule has 1 heterocycles. The van der Waals surface area contributed by atoms with E-state index in [0.29, 0.717) is 16.1 Å². The van der Waals surface area contributed by atoms with Gasteiger partial charge in [-0.05, 0) is 75.8 Å². The molecule has 0 saturated heterocycles. The van der Waals surface area contributed by atoms with Crippen molar-refractivity contribution in [3.8, 4) is 0 Å². The molecule has 2 aromatic carbocycles. The van der Waals surface area contributed by atoms with Crippen molar-refractivity contribution in [1.29, 1.82) is 0 Å². The molecule has 1 unspecified atom stereocenters. The number of hydrogen-bond acceptors (Lipinski definition) is 3. The minimum Gasteiger partial charge on any atom is -0.381 e. The molecule has 0 fully saturated rings. The number of rotatable bonds is 8. The molecule has 144 valence electrons. The summed E-state index contributed by atoms with van der Waals surface area (Å²) in [5.74, 6) is 0. The van der Waals surface area contributed by atoms with Gasteiger partial charge in [0.1, 0.15) is 0 Å². The van der Waals surface area contributed by atoms with Gasteiger partial charge < -0.3 is 10.2 Å². The van der Waals surface area contributed by atoms with E-state index in [4.69, 9.17) is 28.2 Å². The zero-order chi connectivity index (χ0) is 19.4. The SMILES string of the molecule is CCN(CC)CCCC(C)Nc1c2ccc(Cl)cc2nc2cc(Cl)ccc12. The summed E-state index contributed by atoms with van der Waals surface area (Å²) in [6.07, 6.45) is 2.29. The molecule has 0 aliphatic heterocycles. The second-order valence-electron chi connectivity index (χ2n) is 7.02. The quantitative estimate of drug-likeness (QED) is 0.428. The van der Waals surface area contributed by atoms with Gasteiger partial charge >= 0.3 is 0 Å². The number of fused-ring (bicyclic) bond motifs is 2. The van der Waals surface area contributed by atoms with E-state index < -0.39 is 0 Å². The average Bonchev–Trinajstić information content (AvgIpc) is 2.64. The molecule has 0 aliphatic carbocycles. The molecule has 1 aromatic heterocycles. The third-order valence-corrected chi connectivity index (χ3v) is 5.57. The molecule has 0 radical (unpaired) electrons. The second kappa shape index (κ2) is 9.09. The Morgan fingerprint density at radius 3 is 2.04 bits per heavy atom. The molecule has 0 spiro atoms. The Morgan fingerprint density at radius 1 is 0.963 bits per heavy atom. The van der Waals surface area contributed by atoms with Crippen molar-refractivity contribution in [3.05, 3.63) is 46.4 Å². The van der Waals surface area contributed by atoms with Crippen molar-refractivity contribution < 1.29 is 0 Å². The van der Waals surface area contributed by atoms with Crippen molar-refractivity contribution in [3.63, 3.8) is 0 Å². The first-order chi connectivity index (χ1) is 13.0. The van der Waals surface area contributed by atoms with Crippen LogP contribution in [-0.2, 0) is 0 Å². The second-order valence-corrected chi connectivity index (χ2v) is 7.90. The highest BCUT2D eigenvalue weighted by molar-refractivity contribution is 6.32. The number of pyridine rings is 1. The molecule has 3 rings (SSSR count). The molecule has 1 N–H and O–H groups in total. The van der Waals surface area contributed by atoms with Crippen LogP contribution in [-0.4, -0.2) is 35.6 Å². The van der Waals surface area contributed by atoms with E-state index in [9.17, 15) is 0 Å². The summed E-state index contributed by atoms with van der Waals surface area (Å²) in [6, 6.07) is 12.1. The number of hydrogen-bond donors (Lipinski definition) is 1. The fraction of sp³-hybridized carbons (Fsp3) is 0.409. The Bertz CT molecular complexity index is 862. The predicted octanol–water partition coefficient (Wildman–Crippen LogP) is 6.62. The minimum atomic E-state index is 0.362. The summed E-state index contributed by atoms with van der Waals surface area (Å²) in [7, 11) is 0. The molecular weight excluding hydrogens is 377 g/mol. The van der Waals surface area contributed by atoms with Gasteiger partial charge in [0, 0.05) is 26.9 Å². The van der Waals surface area contributed by atoms with Crippen molar-refractivity contribution in [1.82, 2.24) is 9.88 Å². The lowest BCUT2D eigenvalue weighted by Gasteiger charge is -2.21. The summed E-state index contributed by atoms with van der Waals surface area (Å²) in [4.78, 5) is 7.23. The van der Waals surface area contributed by atoms with Gasteiger partial charge in [0.2, 0.25) is 0 Å². The number of nitrogens with zero attached hydrogens (tertiary/aromatic N) is 2. The molecule has 27 heavy (non-hydrogen) atoms. The van der Waals surface area contributed by atoms with Gasteiger partial charge in [-0.25, -0.2) is 4.98 Å². The standard InChI is InChI=1S/C22H27Cl2N3/c1-4-27(5-2)12-6-7-15(3)25-22-18-10-8-16(23)13-20(18)26-21-14-17(24)9-11-19(21)22/h8-11,13-15H,4-7,12H2,1-3H3,(H,25,26). The highest BCUT2D eigenvalue weighted by Crippen LogP contribution is 2.34. The van der Waals surface area contributed by atoms with E-state index in [-0.39, 0.29) is 0 Å². The maximum absolute atomic E-state index is 6.19. The van der Waals surface area contributed by atoms with E-state index in [1.54, 1.807) is 0 Å². The smallest absolute Gasteiger partial charge is 0.0745 e. The molecule has 1 atom stereocenters. The van der Waals surface area contributed by atoms with E-state index >= 15 is 0 Å². The summed E-state index contributed by atoms with van der Waals surface area (Å²) < 4.78 is 0. The minimum absolute atomic E-state index is 0.362. The lowest BCUT2D eigenvalue weighted by molar-refractivity contribution is 0.295. The monoisotopic (exact) mass is 403 g/mol. The van der Waals surface area contributed by atoms with Crippen molar-refractivity contribution in [2.24, 2.45) is 0 Å². The molecule has 3 nitrogen and oxygen atoms in total. The topological polar surface area (TPSA) is 28.2 Å². The Kier molecular flexibility index (Phi) is 6.80. The van der Waals surface area contributed by atoms with Gasteiger partial charge in [-0.3, -0.25) is 0 Å². The van der Waals surface area contributed by atoms with Crippen LogP contribution in [0.5, 0.6) is 0 Å². The number of benzene rings is 2. The fourth-order valence-corrected chi connectivity index (χ4v) is 3.86. The summed E-state index contributed by atoms with van der Waals surface area (Å²) in [5.41, 5.74) is 2.88. The molecule has 0 aliphatic rings. The van der Waals surface area contributed by atoms with Crippen LogP contribution in [0.25, 0.3) is 21.8 Å². The number of halogens is 2. The zero-order valence-corrected chi connectivity index (χ0v) is 17.7.